The van der Waals surface area contributed by atoms with Crippen LogP contribution < -0.4 is 5.32 Å². The van der Waals surface area contributed by atoms with E-state index in [2.05, 4.69) is 24.4 Å². The largest absolute Gasteiger partial charge is 0.481 e. The molecule has 21 heavy (non-hydrogen) atoms. The molecule has 2 rings (SSSR count). The lowest BCUT2D eigenvalue weighted by Crippen LogP contribution is -2.38. The second-order valence-electron chi connectivity index (χ2n) is 5.81. The molecule has 0 bridgehead atoms. The second-order valence-corrected chi connectivity index (χ2v) is 5.81. The Morgan fingerprint density at radius 3 is 2.43 bits per heavy atom. The minimum atomic E-state index is -0.824. The number of carboxylic acids is 1. The van der Waals surface area contributed by atoms with Gasteiger partial charge in [0.15, 0.2) is 0 Å². The molecule has 2 N–H and O–H groups in total. The highest BCUT2D eigenvalue weighted by Crippen LogP contribution is 2.18. The average Bonchev–Trinajstić information content (AvgIpc) is 2.86. The monoisotopic (exact) mass is 290 g/mol. The highest BCUT2D eigenvalue weighted by Gasteiger charge is 2.30. The molecule has 1 heterocycles. The third kappa shape index (κ3) is 3.54. The fraction of sp³-hybridized carbons (Fsp3) is 0.500. The maximum Gasteiger partial charge on any atom is 0.317 e. The minimum absolute atomic E-state index is 0.182. The molecule has 5 heteroatoms. The molecule has 1 fully saturated rings. The van der Waals surface area contributed by atoms with Gasteiger partial charge in [-0.25, -0.2) is 4.79 Å². The van der Waals surface area contributed by atoms with E-state index < -0.39 is 11.9 Å². The number of carboxylic acid groups (broad SMARTS) is 1. The van der Waals surface area contributed by atoms with Gasteiger partial charge in [-0.3, -0.25) is 4.79 Å². The van der Waals surface area contributed by atoms with E-state index in [4.69, 9.17) is 5.11 Å². The van der Waals surface area contributed by atoms with Gasteiger partial charge >= 0.3 is 12.0 Å². The summed E-state index contributed by atoms with van der Waals surface area (Å²) in [6.45, 7) is 7.42. The van der Waals surface area contributed by atoms with Crippen molar-refractivity contribution in [3.05, 3.63) is 34.4 Å². The summed E-state index contributed by atoms with van der Waals surface area (Å²) in [5.41, 5.74) is 4.67. The Bertz CT molecular complexity index is 546. The van der Waals surface area contributed by atoms with Crippen molar-refractivity contribution in [2.45, 2.75) is 33.7 Å². The lowest BCUT2D eigenvalue weighted by Gasteiger charge is -2.18. The van der Waals surface area contributed by atoms with Crippen LogP contribution in [0.25, 0.3) is 0 Å². The SMILES string of the molecule is Cc1cc(C)c(CNC(=O)N2CCC(C(=O)O)C2)c(C)c1. The number of amides is 2. The first-order valence-electron chi connectivity index (χ1n) is 7.20. The summed E-state index contributed by atoms with van der Waals surface area (Å²) in [6.07, 6.45) is 0.533. The predicted octanol–water partition coefficient (Wildman–Crippen LogP) is 2.23. The van der Waals surface area contributed by atoms with E-state index in [1.54, 1.807) is 4.90 Å². The molecule has 0 aromatic heterocycles. The summed E-state index contributed by atoms with van der Waals surface area (Å²) >= 11 is 0. The van der Waals surface area contributed by atoms with Crippen LogP contribution in [0.4, 0.5) is 4.79 Å². The summed E-state index contributed by atoms with van der Waals surface area (Å²) in [5, 5.41) is 11.9. The van der Waals surface area contributed by atoms with Crippen LogP contribution in [-0.4, -0.2) is 35.1 Å². The minimum Gasteiger partial charge on any atom is -0.481 e. The van der Waals surface area contributed by atoms with E-state index in [0.717, 1.165) is 16.7 Å². The zero-order chi connectivity index (χ0) is 15.6. The highest BCUT2D eigenvalue weighted by molar-refractivity contribution is 5.77. The van der Waals surface area contributed by atoms with Gasteiger partial charge < -0.3 is 15.3 Å². The number of rotatable bonds is 3. The zero-order valence-corrected chi connectivity index (χ0v) is 12.8. The Hall–Kier alpha value is -2.04. The van der Waals surface area contributed by atoms with E-state index in [-0.39, 0.29) is 6.03 Å². The van der Waals surface area contributed by atoms with Gasteiger partial charge in [0.2, 0.25) is 0 Å². The van der Waals surface area contributed by atoms with Crippen molar-refractivity contribution in [1.29, 1.82) is 0 Å². The molecule has 1 aliphatic rings. The Balaban J connectivity index is 1.95. The number of nitrogens with one attached hydrogen (secondary N) is 1. The molecule has 114 valence electrons. The molecule has 0 aliphatic carbocycles. The first-order valence-corrected chi connectivity index (χ1v) is 7.20. The maximum atomic E-state index is 12.1. The van der Waals surface area contributed by atoms with Crippen molar-refractivity contribution >= 4 is 12.0 Å². The second kappa shape index (κ2) is 6.16. The summed E-state index contributed by atoms with van der Waals surface area (Å²) < 4.78 is 0. The van der Waals surface area contributed by atoms with Crippen molar-refractivity contribution in [2.75, 3.05) is 13.1 Å². The fourth-order valence-electron chi connectivity index (χ4n) is 2.91. The van der Waals surface area contributed by atoms with Crippen molar-refractivity contribution in [1.82, 2.24) is 10.2 Å². The summed E-state index contributed by atoms with van der Waals surface area (Å²) in [7, 11) is 0. The third-order valence-corrected chi connectivity index (χ3v) is 4.08. The fourth-order valence-corrected chi connectivity index (χ4v) is 2.91. The van der Waals surface area contributed by atoms with Gasteiger partial charge in [0.1, 0.15) is 0 Å². The molecular formula is C16H22N2O3. The number of urea groups is 1. The van der Waals surface area contributed by atoms with E-state index in [9.17, 15) is 9.59 Å². The van der Waals surface area contributed by atoms with Gasteiger partial charge in [0.25, 0.3) is 0 Å². The van der Waals surface area contributed by atoms with Crippen molar-refractivity contribution in [2.24, 2.45) is 5.92 Å². The number of carbonyl (C=O) groups excluding carboxylic acids is 1. The Kier molecular flexibility index (Phi) is 4.50. The molecule has 1 aromatic rings. The van der Waals surface area contributed by atoms with Gasteiger partial charge in [-0.1, -0.05) is 17.7 Å². The number of aryl methyl sites for hydroxylation is 3. The van der Waals surface area contributed by atoms with Gasteiger partial charge in [0.05, 0.1) is 5.92 Å². The smallest absolute Gasteiger partial charge is 0.317 e. The molecule has 5 nitrogen and oxygen atoms in total. The molecule has 1 saturated heterocycles. The molecule has 0 saturated carbocycles. The van der Waals surface area contributed by atoms with E-state index in [1.165, 1.54) is 5.56 Å². The predicted molar refractivity (Wildman–Crippen MR) is 80.2 cm³/mol. The molecule has 1 aromatic carbocycles. The summed E-state index contributed by atoms with van der Waals surface area (Å²) in [4.78, 5) is 24.6. The topological polar surface area (TPSA) is 69.6 Å². The molecule has 0 radical (unpaired) electrons. The Morgan fingerprint density at radius 2 is 1.90 bits per heavy atom. The van der Waals surface area contributed by atoms with Crippen molar-refractivity contribution in [3.8, 4) is 0 Å². The van der Waals surface area contributed by atoms with Crippen molar-refractivity contribution in [3.63, 3.8) is 0 Å². The normalized spacial score (nSPS) is 17.9. The van der Waals surface area contributed by atoms with Crippen LogP contribution in [-0.2, 0) is 11.3 Å². The Morgan fingerprint density at radius 1 is 1.29 bits per heavy atom. The van der Waals surface area contributed by atoms with Gasteiger partial charge in [-0.05, 0) is 43.9 Å². The van der Waals surface area contributed by atoms with Crippen LogP contribution in [0.1, 0.15) is 28.7 Å². The van der Waals surface area contributed by atoms with Crippen LogP contribution in [0.15, 0.2) is 12.1 Å². The number of aliphatic carboxylic acids is 1. The van der Waals surface area contributed by atoms with E-state index in [1.807, 2.05) is 13.8 Å². The lowest BCUT2D eigenvalue weighted by atomic mass is 10.00. The van der Waals surface area contributed by atoms with Crippen LogP contribution in [0, 0.1) is 26.7 Å². The number of likely N-dealkylation sites (tertiary alicyclic amines) is 1. The highest BCUT2D eigenvalue weighted by atomic mass is 16.4. The van der Waals surface area contributed by atoms with Gasteiger partial charge in [0, 0.05) is 19.6 Å². The Labute approximate surface area is 125 Å². The average molecular weight is 290 g/mol. The molecule has 2 amide bonds. The number of carbonyl (C=O) groups is 2. The molecule has 1 unspecified atom stereocenters. The molecule has 1 aliphatic heterocycles. The van der Waals surface area contributed by atoms with E-state index >= 15 is 0 Å². The number of benzene rings is 1. The molecule has 1 atom stereocenters. The maximum absolute atomic E-state index is 12.1. The third-order valence-electron chi connectivity index (χ3n) is 4.08. The lowest BCUT2D eigenvalue weighted by molar-refractivity contribution is -0.141. The van der Waals surface area contributed by atoms with Gasteiger partial charge in [-0.2, -0.15) is 0 Å². The quantitative estimate of drug-likeness (QED) is 0.897. The van der Waals surface area contributed by atoms with Crippen LogP contribution in [0.5, 0.6) is 0 Å². The number of hydrogen-bond acceptors (Lipinski definition) is 2. The summed E-state index contributed by atoms with van der Waals surface area (Å²) in [5.74, 6) is -1.26. The van der Waals surface area contributed by atoms with Crippen LogP contribution >= 0.6 is 0 Å². The first-order chi connectivity index (χ1) is 9.88. The first kappa shape index (κ1) is 15.4. The molecule has 0 spiro atoms. The van der Waals surface area contributed by atoms with E-state index in [0.29, 0.717) is 26.1 Å². The van der Waals surface area contributed by atoms with Gasteiger partial charge in [-0.15, -0.1) is 0 Å². The zero-order valence-electron chi connectivity index (χ0n) is 12.8. The summed E-state index contributed by atoms with van der Waals surface area (Å²) in [6, 6.07) is 4.02. The van der Waals surface area contributed by atoms with Crippen LogP contribution in [0.2, 0.25) is 0 Å². The number of nitrogens with zero attached hydrogens (tertiary/aromatic N) is 1. The van der Waals surface area contributed by atoms with Crippen LogP contribution in [0.3, 0.4) is 0 Å². The molecular weight excluding hydrogens is 268 g/mol. The van der Waals surface area contributed by atoms with Crippen molar-refractivity contribution < 1.29 is 14.7 Å². The number of hydrogen-bond donors (Lipinski definition) is 2. The standard InChI is InChI=1S/C16H22N2O3/c1-10-6-11(2)14(12(3)7-10)8-17-16(21)18-5-4-13(9-18)15(19)20/h6-7,13H,4-5,8-9H2,1-3H3,(H,17,21)(H,19,20).